The van der Waals surface area contributed by atoms with Gasteiger partial charge in [0.15, 0.2) is 0 Å². The van der Waals surface area contributed by atoms with Crippen LogP contribution >= 0.6 is 0 Å². The summed E-state index contributed by atoms with van der Waals surface area (Å²) in [5, 5.41) is 6.08. The second-order valence-electron chi connectivity index (χ2n) is 5.60. The zero-order valence-corrected chi connectivity index (χ0v) is 12.6. The van der Waals surface area contributed by atoms with E-state index < -0.39 is 0 Å². The van der Waals surface area contributed by atoms with Crippen LogP contribution in [-0.4, -0.2) is 19.0 Å². The van der Waals surface area contributed by atoms with Crippen molar-refractivity contribution < 1.29 is 9.53 Å². The van der Waals surface area contributed by atoms with E-state index in [2.05, 4.69) is 10.6 Å². The lowest BCUT2D eigenvalue weighted by atomic mass is 10.0. The lowest BCUT2D eigenvalue weighted by Crippen LogP contribution is -2.50. The number of rotatable bonds is 5. The van der Waals surface area contributed by atoms with Crippen LogP contribution in [0.5, 0.6) is 11.5 Å². The quantitative estimate of drug-likeness (QED) is 0.892. The number of nitrogens with one attached hydrogen (secondary N) is 2. The van der Waals surface area contributed by atoms with Crippen molar-refractivity contribution in [3.63, 3.8) is 0 Å². The molecule has 0 unspecified atom stereocenters. The van der Waals surface area contributed by atoms with Crippen LogP contribution in [0.2, 0.25) is 0 Å². The van der Waals surface area contributed by atoms with Gasteiger partial charge in [0.1, 0.15) is 11.5 Å². The summed E-state index contributed by atoms with van der Waals surface area (Å²) in [5.41, 5.74) is 2.17. The molecule has 0 aromatic heterocycles. The molecule has 4 nitrogen and oxygen atoms in total. The molecule has 0 atom stereocenters. The van der Waals surface area contributed by atoms with Gasteiger partial charge in [0, 0.05) is 25.2 Å². The summed E-state index contributed by atoms with van der Waals surface area (Å²) in [6, 6.07) is 15.7. The lowest BCUT2D eigenvalue weighted by Gasteiger charge is -2.25. The summed E-state index contributed by atoms with van der Waals surface area (Å²) < 4.78 is 5.93. The van der Waals surface area contributed by atoms with E-state index >= 15 is 0 Å². The van der Waals surface area contributed by atoms with Crippen molar-refractivity contribution in [1.82, 2.24) is 10.6 Å². The highest BCUT2D eigenvalue weighted by Crippen LogP contribution is 2.25. The van der Waals surface area contributed by atoms with Gasteiger partial charge < -0.3 is 15.4 Å². The molecular weight excluding hydrogens is 276 g/mol. The molecule has 2 N–H and O–H groups in total. The van der Waals surface area contributed by atoms with E-state index in [-0.39, 0.29) is 11.8 Å². The minimum Gasteiger partial charge on any atom is -0.457 e. The van der Waals surface area contributed by atoms with Gasteiger partial charge >= 0.3 is 0 Å². The largest absolute Gasteiger partial charge is 0.457 e. The fourth-order valence-electron chi connectivity index (χ4n) is 2.28. The standard InChI is InChI=1S/C18H20N2O2/c1-13-6-8-16(9-7-13)22-17-5-3-2-4-14(17)12-20-18(21)15-10-19-11-15/h2-9,15,19H,10-12H2,1H3,(H,20,21). The monoisotopic (exact) mass is 296 g/mol. The first-order chi connectivity index (χ1) is 10.7. The molecule has 2 aromatic rings. The Balaban J connectivity index is 1.66. The average molecular weight is 296 g/mol. The Kier molecular flexibility index (Phi) is 4.39. The molecule has 1 fully saturated rings. The molecule has 1 saturated heterocycles. The molecule has 1 amide bonds. The first-order valence-corrected chi connectivity index (χ1v) is 7.53. The van der Waals surface area contributed by atoms with Crippen molar-refractivity contribution in [2.45, 2.75) is 13.5 Å². The molecule has 0 aliphatic carbocycles. The minimum atomic E-state index is 0.101. The van der Waals surface area contributed by atoms with Gasteiger partial charge in [-0.1, -0.05) is 35.9 Å². The summed E-state index contributed by atoms with van der Waals surface area (Å²) >= 11 is 0. The van der Waals surface area contributed by atoms with Crippen LogP contribution in [0.3, 0.4) is 0 Å². The summed E-state index contributed by atoms with van der Waals surface area (Å²) in [4.78, 5) is 11.9. The van der Waals surface area contributed by atoms with Gasteiger partial charge in [-0.2, -0.15) is 0 Å². The number of aryl methyl sites for hydroxylation is 1. The number of carbonyl (C=O) groups is 1. The molecule has 114 valence electrons. The Hall–Kier alpha value is -2.33. The van der Waals surface area contributed by atoms with Crippen molar-refractivity contribution in [3.8, 4) is 11.5 Å². The number of amides is 1. The highest BCUT2D eigenvalue weighted by molar-refractivity contribution is 5.80. The average Bonchev–Trinajstić information content (AvgIpc) is 2.47. The summed E-state index contributed by atoms with van der Waals surface area (Å²) in [6.07, 6.45) is 0. The van der Waals surface area contributed by atoms with Crippen molar-refractivity contribution >= 4 is 5.91 Å². The fourth-order valence-corrected chi connectivity index (χ4v) is 2.28. The molecule has 2 aromatic carbocycles. The maximum atomic E-state index is 11.9. The molecule has 0 bridgehead atoms. The third kappa shape index (κ3) is 3.46. The smallest absolute Gasteiger partial charge is 0.225 e. The Labute approximate surface area is 130 Å². The van der Waals surface area contributed by atoms with Crippen LogP contribution in [0.15, 0.2) is 48.5 Å². The van der Waals surface area contributed by atoms with Gasteiger partial charge in [-0.25, -0.2) is 0 Å². The number of benzene rings is 2. The second kappa shape index (κ2) is 6.62. The lowest BCUT2D eigenvalue weighted by molar-refractivity contribution is -0.126. The van der Waals surface area contributed by atoms with E-state index in [1.165, 1.54) is 5.56 Å². The van der Waals surface area contributed by atoms with Crippen LogP contribution < -0.4 is 15.4 Å². The molecule has 1 heterocycles. The van der Waals surface area contributed by atoms with Crippen molar-refractivity contribution in [3.05, 3.63) is 59.7 Å². The van der Waals surface area contributed by atoms with Crippen molar-refractivity contribution in [2.75, 3.05) is 13.1 Å². The summed E-state index contributed by atoms with van der Waals surface area (Å²) in [7, 11) is 0. The maximum Gasteiger partial charge on any atom is 0.225 e. The number of ether oxygens (including phenoxy) is 1. The van der Waals surface area contributed by atoms with E-state index in [4.69, 9.17) is 4.74 Å². The van der Waals surface area contributed by atoms with Crippen LogP contribution in [-0.2, 0) is 11.3 Å². The zero-order valence-electron chi connectivity index (χ0n) is 12.6. The molecule has 4 heteroatoms. The first kappa shape index (κ1) is 14.6. The highest BCUT2D eigenvalue weighted by Gasteiger charge is 2.24. The van der Waals surface area contributed by atoms with E-state index in [9.17, 15) is 4.79 Å². The number of carbonyl (C=O) groups excluding carboxylic acids is 1. The molecule has 0 spiro atoms. The predicted octanol–water partition coefficient (Wildman–Crippen LogP) is 2.62. The van der Waals surface area contributed by atoms with Gasteiger partial charge in [-0.15, -0.1) is 0 Å². The van der Waals surface area contributed by atoms with Gasteiger partial charge in [0.2, 0.25) is 5.91 Å². The fraction of sp³-hybridized carbons (Fsp3) is 0.278. The molecular formula is C18H20N2O2. The van der Waals surface area contributed by atoms with Crippen molar-refractivity contribution in [1.29, 1.82) is 0 Å². The predicted molar refractivity (Wildman–Crippen MR) is 85.9 cm³/mol. The normalized spacial score (nSPS) is 14.2. The van der Waals surface area contributed by atoms with Crippen LogP contribution in [0.4, 0.5) is 0 Å². The third-order valence-corrected chi connectivity index (χ3v) is 3.83. The summed E-state index contributed by atoms with van der Waals surface area (Å²) in [6.45, 7) is 4.07. The maximum absolute atomic E-state index is 11.9. The third-order valence-electron chi connectivity index (χ3n) is 3.83. The molecule has 22 heavy (non-hydrogen) atoms. The van der Waals surface area contributed by atoms with E-state index in [1.54, 1.807) is 0 Å². The van der Waals surface area contributed by atoms with E-state index in [0.29, 0.717) is 6.54 Å². The molecule has 0 radical (unpaired) electrons. The van der Waals surface area contributed by atoms with E-state index in [1.807, 2.05) is 55.5 Å². The number of hydrogen-bond donors (Lipinski definition) is 2. The minimum absolute atomic E-state index is 0.101. The number of hydrogen-bond acceptors (Lipinski definition) is 3. The summed E-state index contributed by atoms with van der Waals surface area (Å²) in [5.74, 6) is 1.78. The first-order valence-electron chi connectivity index (χ1n) is 7.53. The van der Waals surface area contributed by atoms with Crippen LogP contribution in [0, 0.1) is 12.8 Å². The molecule has 1 aliphatic rings. The van der Waals surface area contributed by atoms with Gasteiger partial charge in [-0.3, -0.25) is 4.79 Å². The van der Waals surface area contributed by atoms with Gasteiger partial charge in [0.05, 0.1) is 5.92 Å². The Morgan fingerprint density at radius 2 is 1.91 bits per heavy atom. The van der Waals surface area contributed by atoms with Crippen LogP contribution in [0.1, 0.15) is 11.1 Å². The van der Waals surface area contributed by atoms with Crippen molar-refractivity contribution in [2.24, 2.45) is 5.92 Å². The Bertz CT molecular complexity index is 648. The zero-order chi connectivity index (χ0) is 15.4. The number of para-hydroxylation sites is 1. The molecule has 1 aliphatic heterocycles. The topological polar surface area (TPSA) is 50.4 Å². The van der Waals surface area contributed by atoms with Crippen LogP contribution in [0.25, 0.3) is 0 Å². The van der Waals surface area contributed by atoms with Gasteiger partial charge in [0.25, 0.3) is 0 Å². The van der Waals surface area contributed by atoms with E-state index in [0.717, 1.165) is 30.2 Å². The Morgan fingerprint density at radius 3 is 2.59 bits per heavy atom. The van der Waals surface area contributed by atoms with Gasteiger partial charge in [-0.05, 0) is 25.1 Å². The molecule has 0 saturated carbocycles. The highest BCUT2D eigenvalue weighted by atomic mass is 16.5. The molecule has 3 rings (SSSR count). The SMILES string of the molecule is Cc1ccc(Oc2ccccc2CNC(=O)C2CNC2)cc1. The second-order valence-corrected chi connectivity index (χ2v) is 5.60. The Morgan fingerprint density at radius 1 is 1.18 bits per heavy atom.